The first-order chi connectivity index (χ1) is 12.8. The predicted octanol–water partition coefficient (Wildman–Crippen LogP) is 1.36. The molecule has 1 atom stereocenters. The van der Waals surface area contributed by atoms with Gasteiger partial charge < -0.3 is 9.47 Å². The highest BCUT2D eigenvalue weighted by Crippen LogP contribution is 2.28. The van der Waals surface area contributed by atoms with Gasteiger partial charge in [-0.2, -0.15) is 22.0 Å². The van der Waals surface area contributed by atoms with Crippen LogP contribution in [0.15, 0.2) is 0 Å². The number of hydrogen-bond acceptors (Lipinski definition) is 6. The summed E-state index contributed by atoms with van der Waals surface area (Å²) in [5, 5.41) is 0. The fourth-order valence-corrected chi connectivity index (χ4v) is 4.56. The standard InChI is InChI=1S/C18H30N4O4S/c1-13(2)17-19-16-8-11-25-10-7-15(16)18(20-17)26-14-6-5-9-22(12-14)27(23,24)21(3)4/h13-14H,5-12H2,1-4H3. The van der Waals surface area contributed by atoms with Crippen molar-refractivity contribution in [3.8, 4) is 5.88 Å². The second kappa shape index (κ2) is 8.38. The molecule has 0 aliphatic carbocycles. The van der Waals surface area contributed by atoms with Crippen LogP contribution in [0.2, 0.25) is 0 Å². The zero-order valence-electron chi connectivity index (χ0n) is 16.6. The minimum Gasteiger partial charge on any atom is -0.473 e. The quantitative estimate of drug-likeness (QED) is 0.745. The van der Waals surface area contributed by atoms with Crippen LogP contribution in [0.25, 0.3) is 0 Å². The normalized spacial score (nSPS) is 21.9. The molecule has 0 aromatic carbocycles. The van der Waals surface area contributed by atoms with Crippen molar-refractivity contribution in [1.82, 2.24) is 18.6 Å². The predicted molar refractivity (Wildman–Crippen MR) is 102 cm³/mol. The highest BCUT2D eigenvalue weighted by molar-refractivity contribution is 7.86. The van der Waals surface area contributed by atoms with E-state index in [0.717, 1.165) is 42.8 Å². The van der Waals surface area contributed by atoms with E-state index in [1.54, 1.807) is 14.1 Å². The first-order valence-electron chi connectivity index (χ1n) is 9.60. The van der Waals surface area contributed by atoms with E-state index < -0.39 is 10.2 Å². The molecule has 8 nitrogen and oxygen atoms in total. The van der Waals surface area contributed by atoms with Crippen molar-refractivity contribution in [2.45, 2.75) is 51.6 Å². The van der Waals surface area contributed by atoms with E-state index in [0.29, 0.717) is 32.2 Å². The third-order valence-corrected chi connectivity index (χ3v) is 6.88. The number of aromatic nitrogens is 2. The van der Waals surface area contributed by atoms with Crippen LogP contribution in [-0.4, -0.2) is 73.5 Å². The molecule has 0 spiro atoms. The molecule has 3 rings (SSSR count). The van der Waals surface area contributed by atoms with Gasteiger partial charge in [-0.25, -0.2) is 4.98 Å². The summed E-state index contributed by atoms with van der Waals surface area (Å²) >= 11 is 0. The van der Waals surface area contributed by atoms with Gasteiger partial charge in [0.25, 0.3) is 10.2 Å². The minimum absolute atomic E-state index is 0.193. The molecule has 1 unspecified atom stereocenters. The number of nitrogens with zero attached hydrogens (tertiary/aromatic N) is 4. The number of fused-ring (bicyclic) bond motifs is 1. The number of ether oxygens (including phenoxy) is 2. The summed E-state index contributed by atoms with van der Waals surface area (Å²) in [5.41, 5.74) is 2.00. The van der Waals surface area contributed by atoms with Crippen molar-refractivity contribution >= 4 is 10.2 Å². The highest BCUT2D eigenvalue weighted by Gasteiger charge is 2.32. The summed E-state index contributed by atoms with van der Waals surface area (Å²) in [6.07, 6.45) is 2.84. The smallest absolute Gasteiger partial charge is 0.281 e. The van der Waals surface area contributed by atoms with Crippen molar-refractivity contribution in [2.75, 3.05) is 40.4 Å². The van der Waals surface area contributed by atoms with Gasteiger partial charge in [0.05, 0.1) is 25.5 Å². The molecular formula is C18H30N4O4S. The molecule has 1 fully saturated rings. The Kier molecular flexibility index (Phi) is 6.35. The summed E-state index contributed by atoms with van der Waals surface area (Å²) in [7, 11) is -0.327. The Morgan fingerprint density at radius 3 is 2.67 bits per heavy atom. The van der Waals surface area contributed by atoms with Crippen molar-refractivity contribution in [3.63, 3.8) is 0 Å². The largest absolute Gasteiger partial charge is 0.473 e. The Morgan fingerprint density at radius 2 is 1.96 bits per heavy atom. The van der Waals surface area contributed by atoms with Gasteiger partial charge >= 0.3 is 0 Å². The van der Waals surface area contributed by atoms with E-state index in [2.05, 4.69) is 18.8 Å². The van der Waals surface area contributed by atoms with Crippen molar-refractivity contribution in [1.29, 1.82) is 0 Å². The van der Waals surface area contributed by atoms with Crippen LogP contribution in [0.5, 0.6) is 5.88 Å². The average molecular weight is 399 g/mol. The molecule has 1 aromatic rings. The fraction of sp³-hybridized carbons (Fsp3) is 0.778. The van der Waals surface area contributed by atoms with Crippen LogP contribution in [0, 0.1) is 0 Å². The van der Waals surface area contributed by atoms with Crippen molar-refractivity contribution in [2.24, 2.45) is 0 Å². The first-order valence-corrected chi connectivity index (χ1v) is 11.0. The van der Waals surface area contributed by atoms with E-state index in [1.807, 2.05) is 0 Å². The van der Waals surface area contributed by atoms with Crippen LogP contribution in [-0.2, 0) is 27.8 Å². The zero-order chi connectivity index (χ0) is 19.6. The SMILES string of the molecule is CC(C)c1nc2c(c(OC3CCCN(S(=O)(=O)N(C)C)C3)n1)CCOCC2. The summed E-state index contributed by atoms with van der Waals surface area (Å²) in [6, 6.07) is 0. The summed E-state index contributed by atoms with van der Waals surface area (Å²) in [5.74, 6) is 1.56. The lowest BCUT2D eigenvalue weighted by atomic mass is 10.1. The molecule has 2 aliphatic heterocycles. The average Bonchev–Trinajstić information content (AvgIpc) is 2.87. The number of hydrogen-bond donors (Lipinski definition) is 0. The Morgan fingerprint density at radius 1 is 1.22 bits per heavy atom. The van der Waals surface area contributed by atoms with Gasteiger partial charge in [0.1, 0.15) is 11.9 Å². The first kappa shape index (κ1) is 20.4. The van der Waals surface area contributed by atoms with E-state index in [1.165, 1.54) is 8.61 Å². The molecule has 0 radical (unpaired) electrons. The van der Waals surface area contributed by atoms with Gasteiger partial charge in [-0.3, -0.25) is 0 Å². The lowest BCUT2D eigenvalue weighted by Gasteiger charge is -2.33. The Hall–Kier alpha value is -1.29. The molecule has 0 bridgehead atoms. The maximum Gasteiger partial charge on any atom is 0.281 e. The molecule has 0 N–H and O–H groups in total. The van der Waals surface area contributed by atoms with Gasteiger partial charge in [-0.15, -0.1) is 0 Å². The molecule has 0 amide bonds. The molecule has 0 saturated carbocycles. The van der Waals surface area contributed by atoms with Crippen molar-refractivity contribution in [3.05, 3.63) is 17.1 Å². The maximum atomic E-state index is 12.5. The van der Waals surface area contributed by atoms with Crippen LogP contribution < -0.4 is 4.74 Å². The van der Waals surface area contributed by atoms with Gasteiger partial charge in [-0.05, 0) is 12.8 Å². The van der Waals surface area contributed by atoms with E-state index in [-0.39, 0.29) is 12.0 Å². The molecule has 2 aliphatic rings. The van der Waals surface area contributed by atoms with Gasteiger partial charge in [0.2, 0.25) is 5.88 Å². The summed E-state index contributed by atoms with van der Waals surface area (Å²) in [4.78, 5) is 9.40. The van der Waals surface area contributed by atoms with E-state index in [4.69, 9.17) is 14.5 Å². The molecule has 152 valence electrons. The second-order valence-electron chi connectivity index (χ2n) is 7.61. The second-order valence-corrected chi connectivity index (χ2v) is 9.75. The third kappa shape index (κ3) is 4.59. The molecule has 1 saturated heterocycles. The Labute approximate surface area is 162 Å². The van der Waals surface area contributed by atoms with Gasteiger partial charge in [-0.1, -0.05) is 13.8 Å². The molecule has 27 heavy (non-hydrogen) atoms. The van der Waals surface area contributed by atoms with Crippen LogP contribution in [0.3, 0.4) is 0 Å². The Balaban J connectivity index is 1.85. The fourth-order valence-electron chi connectivity index (χ4n) is 3.38. The third-order valence-electron chi connectivity index (χ3n) is 4.98. The molecular weight excluding hydrogens is 368 g/mol. The minimum atomic E-state index is -3.44. The molecule has 1 aromatic heterocycles. The molecule has 9 heteroatoms. The van der Waals surface area contributed by atoms with Gasteiger partial charge in [0.15, 0.2) is 0 Å². The summed E-state index contributed by atoms with van der Waals surface area (Å²) in [6.45, 7) is 6.26. The van der Waals surface area contributed by atoms with E-state index >= 15 is 0 Å². The number of piperidine rings is 1. The summed E-state index contributed by atoms with van der Waals surface area (Å²) < 4.78 is 39.5. The van der Waals surface area contributed by atoms with E-state index in [9.17, 15) is 8.42 Å². The van der Waals surface area contributed by atoms with Crippen molar-refractivity contribution < 1.29 is 17.9 Å². The van der Waals surface area contributed by atoms with Crippen LogP contribution in [0.4, 0.5) is 0 Å². The zero-order valence-corrected chi connectivity index (χ0v) is 17.5. The highest BCUT2D eigenvalue weighted by atomic mass is 32.2. The van der Waals surface area contributed by atoms with Crippen LogP contribution in [0.1, 0.15) is 49.7 Å². The lowest BCUT2D eigenvalue weighted by Crippen LogP contribution is -2.48. The Bertz CT molecular complexity index is 767. The molecule has 3 heterocycles. The lowest BCUT2D eigenvalue weighted by molar-refractivity contribution is 0.119. The maximum absolute atomic E-state index is 12.5. The number of rotatable bonds is 5. The van der Waals surface area contributed by atoms with Gasteiger partial charge in [0, 0.05) is 45.0 Å². The van der Waals surface area contributed by atoms with Crippen LogP contribution >= 0.6 is 0 Å². The topological polar surface area (TPSA) is 84.9 Å². The monoisotopic (exact) mass is 398 g/mol.